The van der Waals surface area contributed by atoms with Crippen LogP contribution in [0.3, 0.4) is 0 Å². The predicted octanol–water partition coefficient (Wildman–Crippen LogP) is 3.73. The maximum absolute atomic E-state index is 11.4. The highest BCUT2D eigenvalue weighted by atomic mass is 16.1. The molecule has 0 amide bonds. The van der Waals surface area contributed by atoms with Crippen molar-refractivity contribution in [3.63, 3.8) is 0 Å². The summed E-state index contributed by atoms with van der Waals surface area (Å²) in [5.41, 5.74) is 5.02. The average molecular weight is 235 g/mol. The van der Waals surface area contributed by atoms with E-state index in [4.69, 9.17) is 0 Å². The van der Waals surface area contributed by atoms with Crippen molar-refractivity contribution in [2.24, 2.45) is 0 Å². The smallest absolute Gasteiger partial charge is 0.167 e. The molecule has 3 rings (SSSR count). The zero-order chi connectivity index (χ0) is 12.5. The fourth-order valence-corrected chi connectivity index (χ4v) is 2.33. The maximum Gasteiger partial charge on any atom is 0.167 e. The standard InChI is InChI=1S/C16H13NO/c1-12-6-5-9-17-15(12)10-14(16(17)11-18)13-7-3-2-4-8-13/h2-11H,1H3. The molecule has 2 nitrogen and oxygen atoms in total. The second kappa shape index (κ2) is 4.15. The second-order valence-corrected chi connectivity index (χ2v) is 4.37. The van der Waals surface area contributed by atoms with Crippen LogP contribution in [0.25, 0.3) is 16.6 Å². The molecule has 0 unspecified atom stereocenters. The summed E-state index contributed by atoms with van der Waals surface area (Å²) in [6.07, 6.45) is 2.85. The molecule has 3 aromatic rings. The van der Waals surface area contributed by atoms with Gasteiger partial charge in [-0.05, 0) is 30.2 Å². The van der Waals surface area contributed by atoms with Crippen molar-refractivity contribution in [3.8, 4) is 11.1 Å². The Bertz CT molecular complexity index is 711. The molecule has 2 aromatic heterocycles. The Labute approximate surface area is 105 Å². The summed E-state index contributed by atoms with van der Waals surface area (Å²) in [7, 11) is 0. The number of aldehydes is 1. The van der Waals surface area contributed by atoms with Crippen LogP contribution in [0, 0.1) is 6.92 Å². The second-order valence-electron chi connectivity index (χ2n) is 4.37. The third-order valence-electron chi connectivity index (χ3n) is 3.26. The highest BCUT2D eigenvalue weighted by Gasteiger charge is 2.11. The summed E-state index contributed by atoms with van der Waals surface area (Å²) < 4.78 is 1.95. The van der Waals surface area contributed by atoms with E-state index in [1.807, 2.05) is 47.0 Å². The highest BCUT2D eigenvalue weighted by Crippen LogP contribution is 2.27. The number of hydrogen-bond donors (Lipinski definition) is 0. The molecule has 0 radical (unpaired) electrons. The summed E-state index contributed by atoms with van der Waals surface area (Å²) in [4.78, 5) is 11.4. The maximum atomic E-state index is 11.4. The summed E-state index contributed by atoms with van der Waals surface area (Å²) in [6.45, 7) is 2.05. The van der Waals surface area contributed by atoms with Gasteiger partial charge in [-0.1, -0.05) is 36.4 Å². The van der Waals surface area contributed by atoms with Crippen molar-refractivity contribution < 1.29 is 4.79 Å². The van der Waals surface area contributed by atoms with E-state index in [1.54, 1.807) is 0 Å². The average Bonchev–Trinajstić information content (AvgIpc) is 2.80. The van der Waals surface area contributed by atoms with Crippen LogP contribution in [0.15, 0.2) is 54.7 Å². The number of carbonyl (C=O) groups is 1. The fraction of sp³-hybridized carbons (Fsp3) is 0.0625. The van der Waals surface area contributed by atoms with Crippen LogP contribution in [0.4, 0.5) is 0 Å². The number of hydrogen-bond acceptors (Lipinski definition) is 1. The third kappa shape index (κ3) is 1.54. The molecule has 0 aliphatic carbocycles. The fourth-order valence-electron chi connectivity index (χ4n) is 2.33. The molecule has 0 aliphatic heterocycles. The topological polar surface area (TPSA) is 21.5 Å². The van der Waals surface area contributed by atoms with Crippen molar-refractivity contribution in [1.82, 2.24) is 4.40 Å². The van der Waals surface area contributed by atoms with Crippen LogP contribution in [0.2, 0.25) is 0 Å². The number of pyridine rings is 1. The Morgan fingerprint density at radius 1 is 1.06 bits per heavy atom. The molecule has 1 aromatic carbocycles. The van der Waals surface area contributed by atoms with Gasteiger partial charge >= 0.3 is 0 Å². The quantitative estimate of drug-likeness (QED) is 0.620. The SMILES string of the molecule is Cc1cccn2c(C=O)c(-c3ccccc3)cc12. The number of aromatic nitrogens is 1. The van der Waals surface area contributed by atoms with E-state index in [0.717, 1.165) is 22.9 Å². The van der Waals surface area contributed by atoms with Crippen molar-refractivity contribution >= 4 is 11.8 Å². The van der Waals surface area contributed by atoms with E-state index in [0.29, 0.717) is 5.69 Å². The molecule has 0 fully saturated rings. The van der Waals surface area contributed by atoms with Crippen molar-refractivity contribution in [1.29, 1.82) is 0 Å². The number of rotatable bonds is 2. The Morgan fingerprint density at radius 2 is 1.83 bits per heavy atom. The highest BCUT2D eigenvalue weighted by molar-refractivity contribution is 5.90. The first-order valence-corrected chi connectivity index (χ1v) is 5.92. The van der Waals surface area contributed by atoms with Gasteiger partial charge in [0, 0.05) is 17.3 Å². The number of carbonyl (C=O) groups excluding carboxylic acids is 1. The van der Waals surface area contributed by atoms with Gasteiger partial charge < -0.3 is 4.40 Å². The first-order chi connectivity index (χ1) is 8.81. The van der Waals surface area contributed by atoms with E-state index in [-0.39, 0.29) is 0 Å². The molecule has 0 saturated heterocycles. The number of aryl methyl sites for hydroxylation is 1. The van der Waals surface area contributed by atoms with Gasteiger partial charge in [-0.15, -0.1) is 0 Å². The van der Waals surface area contributed by atoms with E-state index < -0.39 is 0 Å². The van der Waals surface area contributed by atoms with Gasteiger partial charge in [-0.25, -0.2) is 0 Å². The summed E-state index contributed by atoms with van der Waals surface area (Å²) in [5, 5.41) is 0. The molecule has 88 valence electrons. The predicted molar refractivity (Wildman–Crippen MR) is 73.0 cm³/mol. The Kier molecular flexibility index (Phi) is 2.49. The van der Waals surface area contributed by atoms with Crippen molar-refractivity contribution in [2.45, 2.75) is 6.92 Å². The Hall–Kier alpha value is -2.35. The minimum absolute atomic E-state index is 0.708. The van der Waals surface area contributed by atoms with E-state index in [2.05, 4.69) is 19.1 Å². The molecular weight excluding hydrogens is 222 g/mol. The van der Waals surface area contributed by atoms with Gasteiger partial charge in [0.25, 0.3) is 0 Å². The monoisotopic (exact) mass is 235 g/mol. The summed E-state index contributed by atoms with van der Waals surface area (Å²) >= 11 is 0. The van der Waals surface area contributed by atoms with Gasteiger partial charge in [0.1, 0.15) is 0 Å². The Morgan fingerprint density at radius 3 is 2.56 bits per heavy atom. The first kappa shape index (κ1) is 10.8. The minimum atomic E-state index is 0.708. The van der Waals surface area contributed by atoms with Gasteiger partial charge in [0.05, 0.1) is 5.69 Å². The molecule has 2 heteroatoms. The Balaban J connectivity index is 2.37. The van der Waals surface area contributed by atoms with Crippen LogP contribution < -0.4 is 0 Å². The van der Waals surface area contributed by atoms with Gasteiger partial charge in [-0.3, -0.25) is 4.79 Å². The molecule has 2 heterocycles. The molecule has 18 heavy (non-hydrogen) atoms. The molecule has 0 aliphatic rings. The normalized spacial score (nSPS) is 10.7. The molecule has 0 bridgehead atoms. The van der Waals surface area contributed by atoms with Gasteiger partial charge in [0.2, 0.25) is 0 Å². The van der Waals surface area contributed by atoms with Crippen LogP contribution in [0.1, 0.15) is 16.1 Å². The summed E-state index contributed by atoms with van der Waals surface area (Å²) in [5.74, 6) is 0. The molecular formula is C16H13NO. The third-order valence-corrected chi connectivity index (χ3v) is 3.26. The minimum Gasteiger partial charge on any atom is -0.313 e. The van der Waals surface area contributed by atoms with Crippen LogP contribution in [-0.2, 0) is 0 Å². The first-order valence-electron chi connectivity index (χ1n) is 5.92. The molecule has 0 spiro atoms. The lowest BCUT2D eigenvalue weighted by atomic mass is 10.1. The zero-order valence-electron chi connectivity index (χ0n) is 10.1. The lowest BCUT2D eigenvalue weighted by Gasteiger charge is -2.00. The molecule has 0 saturated carbocycles. The number of benzene rings is 1. The lowest BCUT2D eigenvalue weighted by Crippen LogP contribution is -1.92. The van der Waals surface area contributed by atoms with Crippen molar-refractivity contribution in [3.05, 3.63) is 66.0 Å². The van der Waals surface area contributed by atoms with Crippen molar-refractivity contribution in [2.75, 3.05) is 0 Å². The zero-order valence-corrected chi connectivity index (χ0v) is 10.1. The van der Waals surface area contributed by atoms with Gasteiger partial charge in [0.15, 0.2) is 6.29 Å². The number of fused-ring (bicyclic) bond motifs is 1. The largest absolute Gasteiger partial charge is 0.313 e. The molecule has 0 N–H and O–H groups in total. The number of nitrogens with zero attached hydrogens (tertiary/aromatic N) is 1. The van der Waals surface area contributed by atoms with E-state index in [9.17, 15) is 4.79 Å². The van der Waals surface area contributed by atoms with E-state index >= 15 is 0 Å². The van der Waals surface area contributed by atoms with Crippen LogP contribution >= 0.6 is 0 Å². The lowest BCUT2D eigenvalue weighted by molar-refractivity contribution is 0.111. The van der Waals surface area contributed by atoms with Crippen LogP contribution in [-0.4, -0.2) is 10.7 Å². The molecule has 0 atom stereocenters. The summed E-state index contributed by atoms with van der Waals surface area (Å²) in [6, 6.07) is 16.1. The van der Waals surface area contributed by atoms with E-state index in [1.165, 1.54) is 5.56 Å². The van der Waals surface area contributed by atoms with Gasteiger partial charge in [-0.2, -0.15) is 0 Å². The van der Waals surface area contributed by atoms with Crippen LogP contribution in [0.5, 0.6) is 0 Å².